The van der Waals surface area contributed by atoms with Crippen molar-refractivity contribution in [3.8, 4) is 0 Å². The lowest BCUT2D eigenvalue weighted by Crippen LogP contribution is -2.34. The third-order valence-corrected chi connectivity index (χ3v) is 5.12. The molecule has 1 aromatic rings. The zero-order chi connectivity index (χ0) is 13.3. The van der Waals surface area contributed by atoms with Gasteiger partial charge in [-0.1, -0.05) is 6.92 Å². The maximum absolute atomic E-state index is 4.58. The molecule has 1 N–H and O–H groups in total. The number of hydrogen-bond donors (Lipinski definition) is 1. The summed E-state index contributed by atoms with van der Waals surface area (Å²) in [6.07, 6.45) is 2.01. The molecule has 3 unspecified atom stereocenters. The van der Waals surface area contributed by atoms with E-state index in [2.05, 4.69) is 48.0 Å². The summed E-state index contributed by atoms with van der Waals surface area (Å²) < 4.78 is 0. The quantitative estimate of drug-likeness (QED) is 0.902. The molecule has 2 heterocycles. The Hall–Kier alpha value is -0.650. The molecule has 2 rings (SSSR count). The first-order valence-electron chi connectivity index (χ1n) is 6.57. The molecule has 0 radical (unpaired) electrons. The van der Waals surface area contributed by atoms with E-state index >= 15 is 0 Å². The average molecular weight is 268 g/mol. The molecule has 0 amide bonds. The number of nitrogens with one attached hydrogen (secondary N) is 1. The van der Waals surface area contributed by atoms with Crippen LogP contribution in [0.15, 0.2) is 6.20 Å². The summed E-state index contributed by atoms with van der Waals surface area (Å²) in [6.45, 7) is 6.71. The van der Waals surface area contributed by atoms with Crippen LogP contribution in [0.2, 0.25) is 0 Å². The van der Waals surface area contributed by atoms with Crippen molar-refractivity contribution in [3.63, 3.8) is 0 Å². The Kier molecular flexibility index (Phi) is 4.25. The molecule has 3 atom stereocenters. The summed E-state index contributed by atoms with van der Waals surface area (Å²) >= 11 is 1.81. The minimum absolute atomic E-state index is 0.390. The maximum atomic E-state index is 4.58. The first-order chi connectivity index (χ1) is 8.52. The normalized spacial score (nSPS) is 26.0. The van der Waals surface area contributed by atoms with Crippen molar-refractivity contribution in [2.24, 2.45) is 5.92 Å². The van der Waals surface area contributed by atoms with Gasteiger partial charge < -0.3 is 15.1 Å². The lowest BCUT2D eigenvalue weighted by molar-refractivity contribution is 0.266. The van der Waals surface area contributed by atoms with Crippen LogP contribution in [0.5, 0.6) is 0 Å². The lowest BCUT2D eigenvalue weighted by Gasteiger charge is -2.22. The Bertz CT molecular complexity index is 390. The van der Waals surface area contributed by atoms with Gasteiger partial charge in [-0.15, -0.1) is 11.3 Å². The monoisotopic (exact) mass is 268 g/mol. The molecule has 0 saturated carbocycles. The fourth-order valence-corrected chi connectivity index (χ4v) is 3.54. The zero-order valence-electron chi connectivity index (χ0n) is 12.0. The van der Waals surface area contributed by atoms with Gasteiger partial charge in [0.05, 0.1) is 0 Å². The van der Waals surface area contributed by atoms with Crippen molar-refractivity contribution in [1.29, 1.82) is 0 Å². The zero-order valence-corrected chi connectivity index (χ0v) is 12.8. The second-order valence-electron chi connectivity index (χ2n) is 5.47. The summed E-state index contributed by atoms with van der Waals surface area (Å²) in [4.78, 5) is 10.6. The van der Waals surface area contributed by atoms with Crippen LogP contribution >= 0.6 is 11.3 Å². The van der Waals surface area contributed by atoms with Crippen LogP contribution in [0.3, 0.4) is 0 Å². The number of aromatic nitrogens is 1. The molecule has 0 bridgehead atoms. The maximum Gasteiger partial charge on any atom is 0.185 e. The third kappa shape index (κ3) is 2.68. The largest absolute Gasteiger partial charge is 0.346 e. The number of rotatable bonds is 4. The van der Waals surface area contributed by atoms with Crippen molar-refractivity contribution in [2.45, 2.75) is 25.9 Å². The highest BCUT2D eigenvalue weighted by molar-refractivity contribution is 7.15. The SMILES string of the molecule is CNC(C)c1cnc(N2CC(C)C(N(C)C)C2)s1. The molecular weight excluding hydrogens is 244 g/mol. The molecule has 0 aliphatic carbocycles. The first-order valence-corrected chi connectivity index (χ1v) is 7.39. The van der Waals surface area contributed by atoms with Crippen LogP contribution < -0.4 is 10.2 Å². The highest BCUT2D eigenvalue weighted by Crippen LogP contribution is 2.31. The average Bonchev–Trinajstić information content (AvgIpc) is 2.93. The predicted molar refractivity (Wildman–Crippen MR) is 78.4 cm³/mol. The smallest absolute Gasteiger partial charge is 0.185 e. The van der Waals surface area contributed by atoms with E-state index in [1.54, 1.807) is 0 Å². The fraction of sp³-hybridized carbons (Fsp3) is 0.769. The summed E-state index contributed by atoms with van der Waals surface area (Å²) in [5.41, 5.74) is 0. The molecular formula is C13H24N4S. The molecule has 0 aromatic carbocycles. The van der Waals surface area contributed by atoms with E-state index in [1.807, 2.05) is 24.6 Å². The molecule has 4 nitrogen and oxygen atoms in total. The Morgan fingerprint density at radius 3 is 2.78 bits per heavy atom. The molecule has 5 heteroatoms. The third-order valence-electron chi connectivity index (χ3n) is 3.88. The van der Waals surface area contributed by atoms with Gasteiger partial charge in [-0.2, -0.15) is 0 Å². The van der Waals surface area contributed by atoms with Gasteiger partial charge in [0.2, 0.25) is 0 Å². The van der Waals surface area contributed by atoms with Gasteiger partial charge in [0, 0.05) is 36.2 Å². The van der Waals surface area contributed by atoms with Crippen LogP contribution in [0.25, 0.3) is 0 Å². The number of anilines is 1. The molecule has 0 spiro atoms. The highest BCUT2D eigenvalue weighted by Gasteiger charge is 2.32. The van der Waals surface area contributed by atoms with E-state index in [-0.39, 0.29) is 0 Å². The van der Waals surface area contributed by atoms with Gasteiger partial charge in [-0.3, -0.25) is 0 Å². The van der Waals surface area contributed by atoms with Gasteiger partial charge in [0.25, 0.3) is 0 Å². The van der Waals surface area contributed by atoms with Gasteiger partial charge in [-0.05, 0) is 34.0 Å². The fourth-order valence-electron chi connectivity index (χ4n) is 2.54. The lowest BCUT2D eigenvalue weighted by atomic mass is 10.1. The van der Waals surface area contributed by atoms with Crippen LogP contribution in [0.4, 0.5) is 5.13 Å². The van der Waals surface area contributed by atoms with Crippen LogP contribution in [-0.4, -0.2) is 50.2 Å². The minimum atomic E-state index is 0.390. The van der Waals surface area contributed by atoms with Crippen LogP contribution in [0, 0.1) is 5.92 Å². The van der Waals surface area contributed by atoms with Crippen LogP contribution in [-0.2, 0) is 0 Å². The Balaban J connectivity index is 2.07. The van der Waals surface area contributed by atoms with E-state index < -0.39 is 0 Å². The standard InChI is InChI=1S/C13H24N4S/c1-9-7-17(8-11(9)16(4)5)13-15-6-12(18-13)10(2)14-3/h6,9-11,14H,7-8H2,1-5H3. The summed E-state index contributed by atoms with van der Waals surface area (Å²) in [6, 6.07) is 1.03. The molecule has 1 aliphatic heterocycles. The van der Waals surface area contributed by atoms with Gasteiger partial charge in [-0.25, -0.2) is 4.98 Å². The summed E-state index contributed by atoms with van der Waals surface area (Å²) in [7, 11) is 6.33. The number of nitrogens with zero attached hydrogens (tertiary/aromatic N) is 3. The van der Waals surface area contributed by atoms with Crippen LogP contribution in [0.1, 0.15) is 24.8 Å². The first kappa shape index (κ1) is 13.8. The number of thiazole rings is 1. The molecule has 1 saturated heterocycles. The molecule has 1 fully saturated rings. The van der Waals surface area contributed by atoms with E-state index in [0.717, 1.165) is 13.1 Å². The van der Waals surface area contributed by atoms with Crippen molar-refractivity contribution >= 4 is 16.5 Å². The Morgan fingerprint density at radius 2 is 2.22 bits per heavy atom. The Morgan fingerprint density at radius 1 is 1.50 bits per heavy atom. The second kappa shape index (κ2) is 5.55. The minimum Gasteiger partial charge on any atom is -0.346 e. The van der Waals surface area contributed by atoms with Crippen molar-refractivity contribution < 1.29 is 0 Å². The van der Waals surface area contributed by atoms with Crippen molar-refractivity contribution in [2.75, 3.05) is 39.1 Å². The molecule has 1 aromatic heterocycles. The van der Waals surface area contributed by atoms with E-state index in [0.29, 0.717) is 18.0 Å². The van der Waals surface area contributed by atoms with Crippen molar-refractivity contribution in [1.82, 2.24) is 15.2 Å². The number of hydrogen-bond acceptors (Lipinski definition) is 5. The summed E-state index contributed by atoms with van der Waals surface area (Å²) in [5.74, 6) is 0.703. The Labute approximate surface area is 114 Å². The van der Waals surface area contributed by atoms with Gasteiger partial charge >= 0.3 is 0 Å². The van der Waals surface area contributed by atoms with E-state index in [9.17, 15) is 0 Å². The van der Waals surface area contributed by atoms with Crippen molar-refractivity contribution in [3.05, 3.63) is 11.1 Å². The van der Waals surface area contributed by atoms with Gasteiger partial charge in [0.1, 0.15) is 0 Å². The van der Waals surface area contributed by atoms with Gasteiger partial charge in [0.15, 0.2) is 5.13 Å². The highest BCUT2D eigenvalue weighted by atomic mass is 32.1. The second-order valence-corrected chi connectivity index (χ2v) is 6.51. The summed E-state index contributed by atoms with van der Waals surface area (Å²) in [5, 5.41) is 4.43. The predicted octanol–water partition coefficient (Wildman–Crippen LogP) is 1.81. The molecule has 102 valence electrons. The molecule has 18 heavy (non-hydrogen) atoms. The molecule has 1 aliphatic rings. The van der Waals surface area contributed by atoms with E-state index in [4.69, 9.17) is 0 Å². The number of likely N-dealkylation sites (N-methyl/N-ethyl adjacent to an activating group) is 1. The van der Waals surface area contributed by atoms with E-state index in [1.165, 1.54) is 10.0 Å². The topological polar surface area (TPSA) is 31.4 Å².